The van der Waals surface area contributed by atoms with Gasteiger partial charge in [0.15, 0.2) is 11.6 Å². The minimum atomic E-state index is -4.63. The van der Waals surface area contributed by atoms with Crippen LogP contribution in [-0.4, -0.2) is 40.6 Å². The fourth-order valence-corrected chi connectivity index (χ4v) is 3.29. The Kier molecular flexibility index (Phi) is 6.28. The van der Waals surface area contributed by atoms with Crippen LogP contribution in [0.5, 0.6) is 5.88 Å². The van der Waals surface area contributed by atoms with E-state index in [1.54, 1.807) is 32.9 Å². The summed E-state index contributed by atoms with van der Waals surface area (Å²) in [5, 5.41) is 19.1. The van der Waals surface area contributed by atoms with Crippen molar-refractivity contribution >= 4 is 34.0 Å². The molecule has 34 heavy (non-hydrogen) atoms. The molecule has 0 bridgehead atoms. The minimum Gasteiger partial charge on any atom is -0.360 e. The largest absolute Gasteiger partial charge is 0.418 e. The summed E-state index contributed by atoms with van der Waals surface area (Å²) in [6.07, 6.45) is -2.26. The predicted octanol–water partition coefficient (Wildman–Crippen LogP) is 4.62. The van der Waals surface area contributed by atoms with Crippen molar-refractivity contribution in [2.24, 2.45) is 5.16 Å². The SMILES string of the molecule is CC(C)=NOc1ccc(-n2ncnc2[C@H](C)Nc2ncnc3c(C(F)(F)F)cc(Cl)cc23)nn1. The van der Waals surface area contributed by atoms with Crippen molar-refractivity contribution in [1.82, 2.24) is 34.9 Å². The Morgan fingerprint density at radius 2 is 1.91 bits per heavy atom. The van der Waals surface area contributed by atoms with Crippen LogP contribution in [0.1, 0.15) is 38.2 Å². The monoisotopic (exact) mass is 491 g/mol. The molecular weight excluding hydrogens is 475 g/mol. The molecule has 4 aromatic rings. The molecule has 0 amide bonds. The van der Waals surface area contributed by atoms with E-state index in [4.69, 9.17) is 16.4 Å². The van der Waals surface area contributed by atoms with Crippen LogP contribution >= 0.6 is 11.6 Å². The fourth-order valence-electron chi connectivity index (χ4n) is 3.07. The van der Waals surface area contributed by atoms with Crippen molar-refractivity contribution in [2.45, 2.75) is 33.0 Å². The summed E-state index contributed by atoms with van der Waals surface area (Å²) in [6, 6.07) is 4.84. The minimum absolute atomic E-state index is 0.0892. The molecule has 0 spiro atoms. The molecule has 0 aliphatic heterocycles. The number of oxime groups is 1. The van der Waals surface area contributed by atoms with Gasteiger partial charge in [0.1, 0.15) is 18.5 Å². The molecule has 176 valence electrons. The maximum atomic E-state index is 13.5. The lowest BCUT2D eigenvalue weighted by Crippen LogP contribution is -2.16. The Morgan fingerprint density at radius 1 is 1.12 bits per heavy atom. The van der Waals surface area contributed by atoms with Crippen LogP contribution in [-0.2, 0) is 6.18 Å². The zero-order valence-corrected chi connectivity index (χ0v) is 18.8. The van der Waals surface area contributed by atoms with Gasteiger partial charge in [0, 0.05) is 16.5 Å². The summed E-state index contributed by atoms with van der Waals surface area (Å²) in [7, 11) is 0. The highest BCUT2D eigenvalue weighted by molar-refractivity contribution is 6.31. The van der Waals surface area contributed by atoms with Crippen molar-refractivity contribution < 1.29 is 18.0 Å². The van der Waals surface area contributed by atoms with Gasteiger partial charge in [-0.15, -0.1) is 10.2 Å². The number of benzene rings is 1. The van der Waals surface area contributed by atoms with Crippen LogP contribution in [0, 0.1) is 0 Å². The van der Waals surface area contributed by atoms with Gasteiger partial charge in [0.25, 0.3) is 5.88 Å². The van der Waals surface area contributed by atoms with Crippen molar-refractivity contribution in [3.63, 3.8) is 0 Å². The molecule has 0 aliphatic carbocycles. The molecule has 1 aromatic carbocycles. The van der Waals surface area contributed by atoms with E-state index < -0.39 is 17.8 Å². The summed E-state index contributed by atoms with van der Waals surface area (Å²) in [4.78, 5) is 17.3. The molecule has 3 aromatic heterocycles. The van der Waals surface area contributed by atoms with Crippen LogP contribution in [0.2, 0.25) is 5.02 Å². The Balaban J connectivity index is 1.64. The van der Waals surface area contributed by atoms with E-state index in [9.17, 15) is 13.2 Å². The summed E-state index contributed by atoms with van der Waals surface area (Å²) >= 11 is 5.95. The van der Waals surface area contributed by atoms with Gasteiger partial charge in [-0.2, -0.15) is 23.0 Å². The molecule has 1 N–H and O–H groups in total. The lowest BCUT2D eigenvalue weighted by atomic mass is 10.1. The summed E-state index contributed by atoms with van der Waals surface area (Å²) in [5.74, 6) is 1.11. The first-order valence-electron chi connectivity index (χ1n) is 9.83. The molecule has 0 saturated heterocycles. The number of anilines is 1. The van der Waals surface area contributed by atoms with Gasteiger partial charge in [-0.1, -0.05) is 16.8 Å². The van der Waals surface area contributed by atoms with Crippen molar-refractivity contribution in [2.75, 3.05) is 5.32 Å². The number of hydrogen-bond donors (Lipinski definition) is 1. The van der Waals surface area contributed by atoms with Gasteiger partial charge in [-0.05, 0) is 39.0 Å². The number of hydrogen-bond acceptors (Lipinski definition) is 9. The molecule has 0 radical (unpaired) electrons. The number of nitrogens with zero attached hydrogens (tertiary/aromatic N) is 8. The van der Waals surface area contributed by atoms with Crippen molar-refractivity contribution in [1.29, 1.82) is 0 Å². The molecular formula is C20H17ClF3N9O. The smallest absolute Gasteiger partial charge is 0.360 e. The number of nitrogens with one attached hydrogen (secondary N) is 1. The van der Waals surface area contributed by atoms with Gasteiger partial charge >= 0.3 is 6.18 Å². The normalized spacial score (nSPS) is 12.4. The lowest BCUT2D eigenvalue weighted by molar-refractivity contribution is -0.136. The molecule has 10 nitrogen and oxygen atoms in total. The van der Waals surface area contributed by atoms with Gasteiger partial charge in [-0.25, -0.2) is 15.0 Å². The van der Waals surface area contributed by atoms with Gasteiger partial charge in [-0.3, -0.25) is 0 Å². The van der Waals surface area contributed by atoms with Crippen molar-refractivity contribution in [3.05, 3.63) is 53.3 Å². The highest BCUT2D eigenvalue weighted by Crippen LogP contribution is 2.38. The third-order valence-corrected chi connectivity index (χ3v) is 4.71. The molecule has 0 fully saturated rings. The third-order valence-electron chi connectivity index (χ3n) is 4.49. The lowest BCUT2D eigenvalue weighted by Gasteiger charge is -2.17. The second-order valence-corrected chi connectivity index (χ2v) is 7.76. The summed E-state index contributed by atoms with van der Waals surface area (Å²) < 4.78 is 41.9. The maximum absolute atomic E-state index is 13.5. The topological polar surface area (TPSA) is 116 Å². The van der Waals surface area contributed by atoms with E-state index in [-0.39, 0.29) is 27.6 Å². The van der Waals surface area contributed by atoms with E-state index in [1.165, 1.54) is 17.1 Å². The zero-order chi connectivity index (χ0) is 24.5. The average molecular weight is 492 g/mol. The third kappa shape index (κ3) is 4.88. The van der Waals surface area contributed by atoms with Crippen LogP contribution in [0.4, 0.5) is 19.0 Å². The van der Waals surface area contributed by atoms with Crippen LogP contribution in [0.3, 0.4) is 0 Å². The fraction of sp³-hybridized carbons (Fsp3) is 0.250. The number of aromatic nitrogens is 7. The summed E-state index contributed by atoms with van der Waals surface area (Å²) in [6.45, 7) is 5.29. The van der Waals surface area contributed by atoms with Crippen LogP contribution < -0.4 is 10.2 Å². The zero-order valence-electron chi connectivity index (χ0n) is 18.0. The Hall–Kier alpha value is -3.87. The first kappa shape index (κ1) is 23.3. The van der Waals surface area contributed by atoms with Gasteiger partial charge in [0.2, 0.25) is 0 Å². The highest BCUT2D eigenvalue weighted by atomic mass is 35.5. The molecule has 4 rings (SSSR count). The van der Waals surface area contributed by atoms with E-state index in [2.05, 4.69) is 40.7 Å². The van der Waals surface area contributed by atoms with Crippen LogP contribution in [0.15, 0.2) is 42.1 Å². The van der Waals surface area contributed by atoms with E-state index >= 15 is 0 Å². The average Bonchev–Trinajstić information content (AvgIpc) is 3.27. The first-order valence-corrected chi connectivity index (χ1v) is 10.2. The second kappa shape index (κ2) is 9.17. The first-order chi connectivity index (χ1) is 16.1. The number of halogens is 4. The molecule has 0 saturated carbocycles. The molecule has 14 heteroatoms. The highest BCUT2D eigenvalue weighted by Gasteiger charge is 2.34. The van der Waals surface area contributed by atoms with E-state index in [1.807, 2.05) is 0 Å². The van der Waals surface area contributed by atoms with Crippen molar-refractivity contribution in [3.8, 4) is 11.7 Å². The number of alkyl halides is 3. The number of rotatable bonds is 6. The molecule has 0 aliphatic rings. The Labute approximate surface area is 195 Å². The summed E-state index contributed by atoms with van der Waals surface area (Å²) in [5.41, 5.74) is -0.504. The number of fused-ring (bicyclic) bond motifs is 1. The Bertz CT molecular complexity index is 1350. The predicted molar refractivity (Wildman–Crippen MR) is 118 cm³/mol. The van der Waals surface area contributed by atoms with Gasteiger partial charge in [0.05, 0.1) is 22.8 Å². The van der Waals surface area contributed by atoms with E-state index in [0.29, 0.717) is 17.4 Å². The quantitative estimate of drug-likeness (QED) is 0.307. The van der Waals surface area contributed by atoms with Gasteiger partial charge < -0.3 is 10.2 Å². The molecule has 0 unspecified atom stereocenters. The second-order valence-electron chi connectivity index (χ2n) is 7.33. The molecule has 3 heterocycles. The standard InChI is InChI=1S/C20H17ClF3N9O/c1-10(2)32-34-16-5-4-15(30-31-16)33-19(27-9-28-33)11(3)29-18-13-6-12(21)7-14(20(22,23)24)17(13)25-8-26-18/h4-9,11H,1-3H3,(H,25,26,29)/t11-/m0/s1. The Morgan fingerprint density at radius 3 is 2.59 bits per heavy atom. The van der Waals surface area contributed by atoms with E-state index in [0.717, 1.165) is 12.4 Å². The maximum Gasteiger partial charge on any atom is 0.418 e. The molecule has 1 atom stereocenters. The van der Waals surface area contributed by atoms with Crippen LogP contribution in [0.25, 0.3) is 16.7 Å².